The third-order valence-electron chi connectivity index (χ3n) is 3.54. The quantitative estimate of drug-likeness (QED) is 0.892. The fourth-order valence-electron chi connectivity index (χ4n) is 2.45. The Morgan fingerprint density at radius 3 is 3.00 bits per heavy atom. The zero-order valence-corrected chi connectivity index (χ0v) is 11.6. The van der Waals surface area contributed by atoms with Crippen molar-refractivity contribution in [1.29, 1.82) is 0 Å². The van der Waals surface area contributed by atoms with E-state index in [0.717, 1.165) is 35.9 Å². The van der Waals surface area contributed by atoms with Crippen molar-refractivity contribution >= 4 is 5.82 Å². The number of nitrogens with zero attached hydrogens (tertiary/aromatic N) is 3. The van der Waals surface area contributed by atoms with E-state index in [-0.39, 0.29) is 0 Å². The number of aromatic nitrogens is 3. The predicted octanol–water partition coefficient (Wildman–Crippen LogP) is 2.01. The summed E-state index contributed by atoms with van der Waals surface area (Å²) in [4.78, 5) is 13.3. The van der Waals surface area contributed by atoms with E-state index in [9.17, 15) is 0 Å². The summed E-state index contributed by atoms with van der Waals surface area (Å²) >= 11 is 0. The topological polar surface area (TPSA) is 62.7 Å². The van der Waals surface area contributed by atoms with E-state index in [0.29, 0.717) is 6.04 Å². The zero-order valence-electron chi connectivity index (χ0n) is 11.6. The van der Waals surface area contributed by atoms with Crippen LogP contribution in [0.3, 0.4) is 0 Å². The third-order valence-corrected chi connectivity index (χ3v) is 3.54. The summed E-state index contributed by atoms with van der Waals surface area (Å²) in [5, 5.41) is 6.87. The number of nitrogens with one attached hydrogen (secondary N) is 2. The molecular weight excluding hydrogens is 250 g/mol. The lowest BCUT2D eigenvalue weighted by molar-refractivity contribution is 0.478. The molecule has 0 saturated carbocycles. The molecule has 0 aromatic carbocycles. The molecule has 1 aliphatic rings. The number of pyridine rings is 1. The number of anilines is 1. The van der Waals surface area contributed by atoms with Crippen LogP contribution in [-0.4, -0.2) is 34.1 Å². The van der Waals surface area contributed by atoms with E-state index < -0.39 is 0 Å². The minimum Gasteiger partial charge on any atom is -0.365 e. The summed E-state index contributed by atoms with van der Waals surface area (Å²) in [6.07, 6.45) is 7.76. The Bertz CT molecular complexity index is 564. The molecule has 0 bridgehead atoms. The van der Waals surface area contributed by atoms with Crippen LogP contribution in [0.25, 0.3) is 11.3 Å². The van der Waals surface area contributed by atoms with Gasteiger partial charge in [-0.05, 0) is 38.4 Å². The second kappa shape index (κ2) is 5.96. The van der Waals surface area contributed by atoms with Crippen molar-refractivity contribution in [1.82, 2.24) is 20.3 Å². The average molecular weight is 269 g/mol. The van der Waals surface area contributed by atoms with Gasteiger partial charge in [0.05, 0.1) is 17.6 Å². The van der Waals surface area contributed by atoms with Crippen LogP contribution >= 0.6 is 0 Å². The largest absolute Gasteiger partial charge is 0.365 e. The first-order valence-corrected chi connectivity index (χ1v) is 7.04. The maximum atomic E-state index is 4.62. The lowest BCUT2D eigenvalue weighted by atomic mass is 10.1. The Morgan fingerprint density at radius 1 is 1.35 bits per heavy atom. The molecule has 0 amide bonds. The number of hydrogen-bond donors (Lipinski definition) is 2. The van der Waals surface area contributed by atoms with Crippen molar-refractivity contribution in [2.24, 2.45) is 0 Å². The molecule has 1 saturated heterocycles. The van der Waals surface area contributed by atoms with Crippen LogP contribution in [0.1, 0.15) is 18.5 Å². The normalized spacial score (nSPS) is 18.8. The van der Waals surface area contributed by atoms with Crippen molar-refractivity contribution in [3.05, 3.63) is 36.4 Å². The van der Waals surface area contributed by atoms with Gasteiger partial charge in [-0.2, -0.15) is 0 Å². The number of aryl methyl sites for hydroxylation is 1. The highest BCUT2D eigenvalue weighted by atomic mass is 15.1. The molecule has 1 aliphatic heterocycles. The molecule has 5 heteroatoms. The molecule has 0 aliphatic carbocycles. The van der Waals surface area contributed by atoms with Gasteiger partial charge in [-0.3, -0.25) is 4.98 Å². The first-order valence-electron chi connectivity index (χ1n) is 7.04. The Labute approximate surface area is 118 Å². The number of piperidine rings is 1. The van der Waals surface area contributed by atoms with Gasteiger partial charge in [0.15, 0.2) is 0 Å². The number of hydrogen-bond acceptors (Lipinski definition) is 5. The Hall–Kier alpha value is -2.01. The van der Waals surface area contributed by atoms with E-state index in [1.807, 2.05) is 31.5 Å². The highest BCUT2D eigenvalue weighted by molar-refractivity contribution is 5.58. The minimum absolute atomic E-state index is 0.445. The molecule has 3 heterocycles. The summed E-state index contributed by atoms with van der Waals surface area (Å²) in [5.74, 6) is 0.881. The molecule has 104 valence electrons. The van der Waals surface area contributed by atoms with Gasteiger partial charge in [-0.1, -0.05) is 0 Å². The van der Waals surface area contributed by atoms with E-state index >= 15 is 0 Å². The van der Waals surface area contributed by atoms with Crippen LogP contribution in [0.5, 0.6) is 0 Å². The maximum Gasteiger partial charge on any atom is 0.147 e. The van der Waals surface area contributed by atoms with E-state index in [1.54, 1.807) is 6.20 Å². The minimum atomic E-state index is 0.445. The monoisotopic (exact) mass is 269 g/mol. The van der Waals surface area contributed by atoms with Crippen LogP contribution in [0.15, 0.2) is 30.7 Å². The summed E-state index contributed by atoms with van der Waals surface area (Å²) < 4.78 is 0. The standard InChI is InChI=1S/C15H19N5/c1-11-15(20-13-5-3-7-17-9-13)18-10-14(19-11)12-4-2-6-16-8-12/h2,4,6,8,10,13,17H,3,5,7,9H2,1H3,(H,18,20)/t13-/m1/s1. The highest BCUT2D eigenvalue weighted by Gasteiger charge is 2.14. The summed E-state index contributed by atoms with van der Waals surface area (Å²) in [6.45, 7) is 4.10. The molecule has 3 rings (SSSR count). The molecule has 0 radical (unpaired) electrons. The van der Waals surface area contributed by atoms with E-state index in [2.05, 4.69) is 25.6 Å². The fraction of sp³-hybridized carbons (Fsp3) is 0.400. The molecule has 2 aromatic heterocycles. The van der Waals surface area contributed by atoms with Gasteiger partial charge in [-0.15, -0.1) is 0 Å². The smallest absolute Gasteiger partial charge is 0.147 e. The highest BCUT2D eigenvalue weighted by Crippen LogP contribution is 2.19. The molecular formula is C15H19N5. The van der Waals surface area contributed by atoms with Gasteiger partial charge in [0, 0.05) is 30.5 Å². The summed E-state index contributed by atoms with van der Waals surface area (Å²) in [7, 11) is 0. The van der Waals surface area contributed by atoms with Crippen LogP contribution in [0, 0.1) is 6.92 Å². The van der Waals surface area contributed by atoms with Crippen LogP contribution < -0.4 is 10.6 Å². The second-order valence-electron chi connectivity index (χ2n) is 5.12. The lowest BCUT2D eigenvalue weighted by Crippen LogP contribution is -2.38. The Morgan fingerprint density at radius 2 is 2.30 bits per heavy atom. The van der Waals surface area contributed by atoms with Gasteiger partial charge < -0.3 is 10.6 Å². The number of rotatable bonds is 3. The molecule has 2 aromatic rings. The summed E-state index contributed by atoms with van der Waals surface area (Å²) in [6, 6.07) is 4.35. The van der Waals surface area contributed by atoms with Gasteiger partial charge in [0.2, 0.25) is 0 Å². The van der Waals surface area contributed by atoms with Crippen molar-refractivity contribution < 1.29 is 0 Å². The zero-order chi connectivity index (χ0) is 13.8. The third kappa shape index (κ3) is 2.93. The summed E-state index contributed by atoms with van der Waals surface area (Å²) in [5.41, 5.74) is 2.79. The Kier molecular flexibility index (Phi) is 3.87. The average Bonchev–Trinajstić information content (AvgIpc) is 2.51. The molecule has 20 heavy (non-hydrogen) atoms. The molecule has 0 unspecified atom stereocenters. The molecule has 1 atom stereocenters. The Balaban J connectivity index is 1.77. The SMILES string of the molecule is Cc1nc(-c2cccnc2)cnc1N[C@@H]1CCCNC1. The van der Waals surface area contributed by atoms with Crippen molar-refractivity contribution in [2.45, 2.75) is 25.8 Å². The predicted molar refractivity (Wildman–Crippen MR) is 79.5 cm³/mol. The fourth-order valence-corrected chi connectivity index (χ4v) is 2.45. The molecule has 1 fully saturated rings. The molecule has 2 N–H and O–H groups in total. The van der Waals surface area contributed by atoms with Crippen LogP contribution in [-0.2, 0) is 0 Å². The van der Waals surface area contributed by atoms with Gasteiger partial charge >= 0.3 is 0 Å². The first kappa shape index (κ1) is 13.0. The van der Waals surface area contributed by atoms with E-state index in [4.69, 9.17) is 0 Å². The van der Waals surface area contributed by atoms with Gasteiger partial charge in [0.25, 0.3) is 0 Å². The van der Waals surface area contributed by atoms with Crippen molar-refractivity contribution in [2.75, 3.05) is 18.4 Å². The first-order chi connectivity index (χ1) is 9.83. The molecule has 0 spiro atoms. The van der Waals surface area contributed by atoms with Gasteiger partial charge in [0.1, 0.15) is 5.82 Å². The van der Waals surface area contributed by atoms with E-state index in [1.165, 1.54) is 12.8 Å². The van der Waals surface area contributed by atoms with Crippen molar-refractivity contribution in [3.63, 3.8) is 0 Å². The van der Waals surface area contributed by atoms with Crippen molar-refractivity contribution in [3.8, 4) is 11.3 Å². The maximum absolute atomic E-state index is 4.62. The lowest BCUT2D eigenvalue weighted by Gasteiger charge is -2.24. The van der Waals surface area contributed by atoms with Gasteiger partial charge in [-0.25, -0.2) is 9.97 Å². The molecule has 5 nitrogen and oxygen atoms in total. The van der Waals surface area contributed by atoms with Crippen LogP contribution in [0.4, 0.5) is 5.82 Å². The van der Waals surface area contributed by atoms with Crippen LogP contribution in [0.2, 0.25) is 0 Å². The second-order valence-corrected chi connectivity index (χ2v) is 5.12.